The maximum Gasteiger partial charge on any atom is 0.309 e. The topological polar surface area (TPSA) is 135 Å². The van der Waals surface area contributed by atoms with Crippen molar-refractivity contribution in [3.05, 3.63) is 57.8 Å². The number of sulfonamides is 1. The second-order valence-electron chi connectivity index (χ2n) is 7.20. The van der Waals surface area contributed by atoms with Crippen LogP contribution in [0.25, 0.3) is 0 Å². The fourth-order valence-corrected chi connectivity index (χ4v) is 5.95. The second-order valence-corrected chi connectivity index (χ2v) is 10.3. The summed E-state index contributed by atoms with van der Waals surface area (Å²) in [5.41, 5.74) is -0.121. The van der Waals surface area contributed by atoms with Gasteiger partial charge in [0.2, 0.25) is 0 Å². The first-order valence-corrected chi connectivity index (χ1v) is 12.6. The van der Waals surface area contributed by atoms with Gasteiger partial charge in [0.05, 0.1) is 31.5 Å². The lowest BCUT2D eigenvalue weighted by Gasteiger charge is -2.31. The molecule has 0 aliphatic carbocycles. The van der Waals surface area contributed by atoms with Crippen LogP contribution in [-0.2, 0) is 21.2 Å². The minimum absolute atomic E-state index is 0.0396. The summed E-state index contributed by atoms with van der Waals surface area (Å²) in [7, 11) is -2.98. The molecule has 0 saturated carbocycles. The molecule has 0 atom stereocenters. The number of methoxy groups -OCH3 is 1. The summed E-state index contributed by atoms with van der Waals surface area (Å²) in [6.07, 6.45) is -0.322. The molecule has 0 saturated heterocycles. The molecule has 10 nitrogen and oxygen atoms in total. The van der Waals surface area contributed by atoms with Gasteiger partial charge in [0.15, 0.2) is 16.7 Å². The van der Waals surface area contributed by atoms with Gasteiger partial charge in [-0.2, -0.15) is 0 Å². The van der Waals surface area contributed by atoms with Crippen LogP contribution in [-0.4, -0.2) is 50.6 Å². The Morgan fingerprint density at radius 1 is 1.34 bits per heavy atom. The number of anilines is 2. The molecular weight excluding hydrogens is 525 g/mol. The van der Waals surface area contributed by atoms with Crippen molar-refractivity contribution in [2.45, 2.75) is 11.3 Å². The largest absolute Gasteiger partial charge is 0.495 e. The summed E-state index contributed by atoms with van der Waals surface area (Å²) in [6.45, 7) is -0.274. The molecule has 0 unspecified atom stereocenters. The summed E-state index contributed by atoms with van der Waals surface area (Å²) < 4.78 is 53.4. The first-order valence-electron chi connectivity index (χ1n) is 9.90. The van der Waals surface area contributed by atoms with E-state index >= 15 is 0 Å². The van der Waals surface area contributed by atoms with Crippen molar-refractivity contribution < 1.29 is 37.0 Å². The van der Waals surface area contributed by atoms with E-state index in [0.717, 1.165) is 21.7 Å². The Balaban J connectivity index is 1.70. The van der Waals surface area contributed by atoms with Crippen LogP contribution in [0, 0.1) is 5.82 Å². The first-order chi connectivity index (χ1) is 16.6. The SMILES string of the molecule is COc1ccc(Cl)cc1S(=O)(=O)N1CCOc2c(F)cc(C(=O)Nc3nc(CC(=O)O)cs3)cc21. The second kappa shape index (κ2) is 9.68. The van der Waals surface area contributed by atoms with Gasteiger partial charge in [-0.05, 0) is 30.3 Å². The molecule has 4 rings (SSSR count). The van der Waals surface area contributed by atoms with Crippen LogP contribution in [0.2, 0.25) is 5.02 Å². The molecule has 0 spiro atoms. The maximum atomic E-state index is 14.9. The number of fused-ring (bicyclic) bond motifs is 1. The summed E-state index contributed by atoms with van der Waals surface area (Å²) in [6, 6.07) is 6.18. The number of thiazole rings is 1. The highest BCUT2D eigenvalue weighted by Crippen LogP contribution is 2.40. The number of carboxylic acids is 1. The molecule has 0 fully saturated rings. The van der Waals surface area contributed by atoms with Gasteiger partial charge in [-0.3, -0.25) is 19.2 Å². The minimum Gasteiger partial charge on any atom is -0.495 e. The number of ether oxygens (including phenoxy) is 2. The van der Waals surface area contributed by atoms with Crippen LogP contribution in [0.1, 0.15) is 16.1 Å². The highest BCUT2D eigenvalue weighted by atomic mass is 35.5. The van der Waals surface area contributed by atoms with Gasteiger partial charge in [-0.15, -0.1) is 11.3 Å². The van der Waals surface area contributed by atoms with Gasteiger partial charge in [0.1, 0.15) is 17.3 Å². The van der Waals surface area contributed by atoms with E-state index < -0.39 is 27.7 Å². The average molecular weight is 542 g/mol. The van der Waals surface area contributed by atoms with Crippen molar-refractivity contribution in [2.24, 2.45) is 0 Å². The highest BCUT2D eigenvalue weighted by molar-refractivity contribution is 7.93. The zero-order chi connectivity index (χ0) is 25.3. The fraction of sp³-hybridized carbons (Fsp3) is 0.190. The lowest BCUT2D eigenvalue weighted by molar-refractivity contribution is -0.136. The number of aliphatic carboxylic acids is 1. The Hall–Kier alpha value is -3.42. The van der Waals surface area contributed by atoms with Crippen molar-refractivity contribution in [2.75, 3.05) is 29.9 Å². The zero-order valence-electron chi connectivity index (χ0n) is 17.9. The molecular formula is C21H17ClFN3O7S2. The van der Waals surface area contributed by atoms with Crippen molar-refractivity contribution >= 4 is 55.7 Å². The number of carboxylic acid groups (broad SMARTS) is 1. The number of carbonyl (C=O) groups excluding carboxylic acids is 1. The third-order valence-electron chi connectivity index (χ3n) is 4.89. The molecule has 2 heterocycles. The highest BCUT2D eigenvalue weighted by Gasteiger charge is 2.35. The molecule has 14 heteroatoms. The summed E-state index contributed by atoms with van der Waals surface area (Å²) in [5.74, 6) is -3.07. The lowest BCUT2D eigenvalue weighted by Crippen LogP contribution is -2.38. The van der Waals surface area contributed by atoms with Crippen LogP contribution >= 0.6 is 22.9 Å². The first kappa shape index (κ1) is 24.7. The van der Waals surface area contributed by atoms with E-state index in [0.29, 0.717) is 0 Å². The van der Waals surface area contributed by atoms with Crippen LogP contribution in [0.4, 0.5) is 15.2 Å². The molecule has 1 aromatic heterocycles. The fourth-order valence-electron chi connectivity index (χ4n) is 3.38. The van der Waals surface area contributed by atoms with Gasteiger partial charge in [0.25, 0.3) is 15.9 Å². The molecule has 1 amide bonds. The van der Waals surface area contributed by atoms with E-state index in [1.807, 2.05) is 0 Å². The molecule has 1 aliphatic rings. The van der Waals surface area contributed by atoms with E-state index in [2.05, 4.69) is 10.3 Å². The third-order valence-corrected chi connectivity index (χ3v) is 7.77. The molecule has 2 aromatic carbocycles. The Morgan fingerprint density at radius 2 is 2.11 bits per heavy atom. The number of amides is 1. The Bertz CT molecular complexity index is 1430. The van der Waals surface area contributed by atoms with E-state index in [4.69, 9.17) is 26.2 Å². The number of nitrogens with zero attached hydrogens (tertiary/aromatic N) is 2. The van der Waals surface area contributed by atoms with Gasteiger partial charge in [-0.1, -0.05) is 11.6 Å². The average Bonchev–Trinajstić information content (AvgIpc) is 3.24. The van der Waals surface area contributed by atoms with Crippen LogP contribution in [0.3, 0.4) is 0 Å². The summed E-state index contributed by atoms with van der Waals surface area (Å²) in [4.78, 5) is 27.4. The predicted octanol–water partition coefficient (Wildman–Crippen LogP) is 3.41. The lowest BCUT2D eigenvalue weighted by atomic mass is 10.1. The van der Waals surface area contributed by atoms with Crippen molar-refractivity contribution in [1.82, 2.24) is 4.98 Å². The van der Waals surface area contributed by atoms with Gasteiger partial charge >= 0.3 is 5.97 Å². The third kappa shape index (κ3) is 5.01. The Morgan fingerprint density at radius 3 is 2.83 bits per heavy atom. The summed E-state index contributed by atoms with van der Waals surface area (Å²) in [5, 5.41) is 13.0. The number of hydrogen-bond acceptors (Lipinski definition) is 8. The number of benzene rings is 2. The van der Waals surface area contributed by atoms with Crippen molar-refractivity contribution in [1.29, 1.82) is 0 Å². The smallest absolute Gasteiger partial charge is 0.309 e. The number of aromatic nitrogens is 1. The van der Waals surface area contributed by atoms with Crippen LogP contribution in [0.15, 0.2) is 40.6 Å². The normalized spacial score (nSPS) is 13.1. The van der Waals surface area contributed by atoms with Crippen LogP contribution in [0.5, 0.6) is 11.5 Å². The van der Waals surface area contributed by atoms with Crippen molar-refractivity contribution in [3.8, 4) is 11.5 Å². The molecule has 1 aliphatic heterocycles. The molecule has 0 bridgehead atoms. The number of halogens is 2. The maximum absolute atomic E-state index is 14.9. The molecule has 35 heavy (non-hydrogen) atoms. The van der Waals surface area contributed by atoms with Gasteiger partial charge in [-0.25, -0.2) is 17.8 Å². The molecule has 2 N–H and O–H groups in total. The predicted molar refractivity (Wildman–Crippen MR) is 126 cm³/mol. The number of carbonyl (C=O) groups is 2. The standard InChI is InChI=1S/C21H17ClFN3O7S2/c1-32-16-3-2-12(22)8-17(16)35(30,31)26-4-5-33-19-14(23)6-11(7-15(19)26)20(29)25-21-24-13(10-34-21)9-18(27)28/h2-3,6-8,10H,4-5,9H2,1H3,(H,27,28)(H,24,25,29). The number of nitrogens with one attached hydrogen (secondary N) is 1. The van der Waals surface area contributed by atoms with E-state index in [-0.39, 0.29) is 63.1 Å². The van der Waals surface area contributed by atoms with Gasteiger partial charge in [0, 0.05) is 16.0 Å². The Kier molecular flexibility index (Phi) is 6.83. The van der Waals surface area contributed by atoms with Gasteiger partial charge < -0.3 is 14.6 Å². The Labute approximate surface area is 207 Å². The number of hydrogen-bond donors (Lipinski definition) is 2. The molecule has 3 aromatic rings. The van der Waals surface area contributed by atoms with Crippen molar-refractivity contribution in [3.63, 3.8) is 0 Å². The molecule has 184 valence electrons. The van der Waals surface area contributed by atoms with E-state index in [9.17, 15) is 22.4 Å². The number of rotatable bonds is 7. The van der Waals surface area contributed by atoms with Crippen LogP contribution < -0.4 is 19.1 Å². The molecule has 0 radical (unpaired) electrons. The van der Waals surface area contributed by atoms with E-state index in [1.165, 1.54) is 36.8 Å². The van der Waals surface area contributed by atoms with E-state index in [1.54, 1.807) is 0 Å². The quantitative estimate of drug-likeness (QED) is 0.464. The zero-order valence-corrected chi connectivity index (χ0v) is 20.3. The summed E-state index contributed by atoms with van der Waals surface area (Å²) >= 11 is 7.00. The monoisotopic (exact) mass is 541 g/mol. The minimum atomic E-state index is -4.29.